The Balaban J connectivity index is 2.29. The molecule has 0 aliphatic heterocycles. The van der Waals surface area contributed by atoms with E-state index in [-0.39, 0.29) is 0 Å². The number of anilines is 1. The highest BCUT2D eigenvalue weighted by Crippen LogP contribution is 2.34. The summed E-state index contributed by atoms with van der Waals surface area (Å²) in [4.78, 5) is 9.02. The van der Waals surface area contributed by atoms with Crippen molar-refractivity contribution < 1.29 is 0 Å². The van der Waals surface area contributed by atoms with Crippen LogP contribution in [0, 0.1) is 6.92 Å². The Morgan fingerprint density at radius 2 is 2.19 bits per heavy atom. The highest BCUT2D eigenvalue weighted by Gasteiger charge is 2.16. The number of aryl methyl sites for hydroxylation is 1. The minimum Gasteiger partial charge on any atom is -0.383 e. The van der Waals surface area contributed by atoms with Crippen molar-refractivity contribution in [1.82, 2.24) is 14.5 Å². The second kappa shape index (κ2) is 5.22. The zero-order chi connectivity index (χ0) is 15.0. The molecule has 2 N–H and O–H groups in total. The van der Waals surface area contributed by atoms with Gasteiger partial charge in [-0.15, -0.1) is 6.58 Å². The third kappa shape index (κ3) is 2.17. The molecule has 0 spiro atoms. The average molecular weight is 299 g/mol. The smallest absolute Gasteiger partial charge is 0.132 e. The second-order valence-electron chi connectivity index (χ2n) is 4.79. The largest absolute Gasteiger partial charge is 0.383 e. The molecule has 0 bridgehead atoms. The van der Waals surface area contributed by atoms with E-state index in [0.717, 1.165) is 28.0 Å². The number of nitrogen functional groups attached to an aromatic ring is 1. The van der Waals surface area contributed by atoms with Crippen molar-refractivity contribution in [3.05, 3.63) is 54.0 Å². The van der Waals surface area contributed by atoms with Crippen molar-refractivity contribution in [2.75, 3.05) is 5.73 Å². The highest BCUT2D eigenvalue weighted by atomic mass is 35.5. The maximum Gasteiger partial charge on any atom is 0.132 e. The Bertz CT molecular complexity index is 836. The van der Waals surface area contributed by atoms with Crippen molar-refractivity contribution in [3.63, 3.8) is 0 Å². The first-order chi connectivity index (χ1) is 10.1. The van der Waals surface area contributed by atoms with Gasteiger partial charge in [0.1, 0.15) is 17.3 Å². The number of benzene rings is 1. The molecule has 106 valence electrons. The van der Waals surface area contributed by atoms with Crippen LogP contribution in [0.2, 0.25) is 5.02 Å². The summed E-state index contributed by atoms with van der Waals surface area (Å²) in [6, 6.07) is 7.57. The van der Waals surface area contributed by atoms with Gasteiger partial charge in [0.05, 0.1) is 10.5 Å². The van der Waals surface area contributed by atoms with E-state index in [0.29, 0.717) is 17.4 Å². The van der Waals surface area contributed by atoms with Crippen LogP contribution in [0.4, 0.5) is 5.82 Å². The maximum absolute atomic E-state index is 6.24. The number of halogens is 1. The van der Waals surface area contributed by atoms with Crippen molar-refractivity contribution >= 4 is 28.3 Å². The fourth-order valence-electron chi connectivity index (χ4n) is 2.47. The number of rotatable bonds is 3. The number of hydrogen-bond donors (Lipinski definition) is 1. The van der Waals surface area contributed by atoms with Crippen LogP contribution in [-0.4, -0.2) is 14.5 Å². The van der Waals surface area contributed by atoms with E-state index in [2.05, 4.69) is 16.5 Å². The average Bonchev–Trinajstić information content (AvgIpc) is 2.77. The first kappa shape index (κ1) is 13.6. The Morgan fingerprint density at radius 1 is 1.38 bits per heavy atom. The summed E-state index contributed by atoms with van der Waals surface area (Å²) in [7, 11) is 0. The molecule has 0 unspecified atom stereocenters. The summed E-state index contributed by atoms with van der Waals surface area (Å²) in [5.74, 6) is 1.46. The van der Waals surface area contributed by atoms with E-state index in [1.165, 1.54) is 0 Å². The van der Waals surface area contributed by atoms with E-state index >= 15 is 0 Å². The molecule has 2 heterocycles. The molecule has 21 heavy (non-hydrogen) atoms. The first-order valence-corrected chi connectivity index (χ1v) is 6.98. The van der Waals surface area contributed by atoms with Gasteiger partial charge >= 0.3 is 0 Å². The fourth-order valence-corrected chi connectivity index (χ4v) is 2.68. The monoisotopic (exact) mass is 298 g/mol. The molecule has 5 heteroatoms. The topological polar surface area (TPSA) is 56.7 Å². The minimum atomic E-state index is 0.613. The molecule has 2 aromatic heterocycles. The zero-order valence-electron chi connectivity index (χ0n) is 11.7. The van der Waals surface area contributed by atoms with Crippen LogP contribution in [0.25, 0.3) is 22.2 Å². The number of nitrogens with zero attached hydrogens (tertiary/aromatic N) is 3. The van der Waals surface area contributed by atoms with Gasteiger partial charge in [0.2, 0.25) is 0 Å². The van der Waals surface area contributed by atoms with E-state index in [1.54, 1.807) is 12.3 Å². The number of allylic oxidation sites excluding steroid dienone is 1. The molecular weight excluding hydrogens is 284 g/mol. The Hall–Kier alpha value is -2.33. The Morgan fingerprint density at radius 3 is 2.95 bits per heavy atom. The standard InChI is InChI=1S/C16H15ClN4/c1-3-9-21-10(2)20-15(16(21)18)12-6-7-13(17)11-5-4-8-19-14(11)12/h3-8H,1,9,18H2,2H3. The molecule has 0 aliphatic carbocycles. The minimum absolute atomic E-state index is 0.613. The predicted octanol–water partition coefficient (Wildman–Crippen LogP) is 3.83. The number of nitrogens with two attached hydrogens (primary N) is 1. The van der Waals surface area contributed by atoms with Crippen LogP contribution in [0.1, 0.15) is 5.82 Å². The Labute approximate surface area is 127 Å². The quantitative estimate of drug-likeness (QED) is 0.748. The van der Waals surface area contributed by atoms with Gasteiger partial charge in [0.25, 0.3) is 0 Å². The second-order valence-corrected chi connectivity index (χ2v) is 5.19. The molecule has 4 nitrogen and oxygen atoms in total. The van der Waals surface area contributed by atoms with Gasteiger partial charge in [-0.2, -0.15) is 0 Å². The van der Waals surface area contributed by atoms with Gasteiger partial charge in [-0.25, -0.2) is 4.98 Å². The predicted molar refractivity (Wildman–Crippen MR) is 87.3 cm³/mol. The maximum atomic E-state index is 6.24. The van der Waals surface area contributed by atoms with E-state index in [4.69, 9.17) is 17.3 Å². The molecule has 0 saturated carbocycles. The molecule has 0 fully saturated rings. The number of hydrogen-bond acceptors (Lipinski definition) is 3. The lowest BCUT2D eigenvalue weighted by atomic mass is 10.1. The molecule has 3 aromatic rings. The summed E-state index contributed by atoms with van der Waals surface area (Å²) >= 11 is 6.23. The van der Waals surface area contributed by atoms with Crippen LogP contribution in [-0.2, 0) is 6.54 Å². The van der Waals surface area contributed by atoms with Crippen molar-refractivity contribution in [1.29, 1.82) is 0 Å². The number of imidazole rings is 1. The third-order valence-corrected chi connectivity index (χ3v) is 3.81. The molecule has 0 saturated heterocycles. The number of fused-ring (bicyclic) bond motifs is 1. The van der Waals surface area contributed by atoms with Gasteiger partial charge in [-0.05, 0) is 31.2 Å². The van der Waals surface area contributed by atoms with E-state index < -0.39 is 0 Å². The lowest BCUT2D eigenvalue weighted by molar-refractivity contribution is 0.792. The Kier molecular flexibility index (Phi) is 3.39. The van der Waals surface area contributed by atoms with Gasteiger partial charge in [-0.3, -0.25) is 4.98 Å². The molecule has 0 amide bonds. The van der Waals surface area contributed by atoms with E-state index in [9.17, 15) is 0 Å². The summed E-state index contributed by atoms with van der Waals surface area (Å²) in [6.45, 7) is 6.30. The molecule has 1 aromatic carbocycles. The van der Waals surface area contributed by atoms with Crippen LogP contribution in [0.3, 0.4) is 0 Å². The lowest BCUT2D eigenvalue weighted by Crippen LogP contribution is -2.03. The third-order valence-electron chi connectivity index (χ3n) is 3.48. The van der Waals surface area contributed by atoms with Crippen LogP contribution >= 0.6 is 11.6 Å². The number of aromatic nitrogens is 3. The lowest BCUT2D eigenvalue weighted by Gasteiger charge is -2.07. The fraction of sp³-hybridized carbons (Fsp3) is 0.125. The highest BCUT2D eigenvalue weighted by molar-refractivity contribution is 6.35. The molecule has 0 aliphatic rings. The normalized spacial score (nSPS) is 11.0. The summed E-state index contributed by atoms with van der Waals surface area (Å²) in [5, 5.41) is 1.56. The summed E-state index contributed by atoms with van der Waals surface area (Å²) in [5.41, 5.74) is 8.67. The van der Waals surface area contributed by atoms with Gasteiger partial charge in [0, 0.05) is 23.7 Å². The van der Waals surface area contributed by atoms with Crippen molar-refractivity contribution in [2.24, 2.45) is 0 Å². The molecular formula is C16H15ClN4. The molecule has 0 atom stereocenters. The van der Waals surface area contributed by atoms with E-state index in [1.807, 2.05) is 35.8 Å². The van der Waals surface area contributed by atoms with Crippen LogP contribution < -0.4 is 5.73 Å². The zero-order valence-corrected chi connectivity index (χ0v) is 12.4. The van der Waals surface area contributed by atoms with Gasteiger partial charge in [0.15, 0.2) is 0 Å². The first-order valence-electron chi connectivity index (χ1n) is 6.60. The van der Waals surface area contributed by atoms with Crippen LogP contribution in [0.5, 0.6) is 0 Å². The molecule has 0 radical (unpaired) electrons. The SMILES string of the molecule is C=CCn1c(C)nc(-c2ccc(Cl)c3cccnc23)c1N. The molecule has 3 rings (SSSR count). The van der Waals surface area contributed by atoms with Gasteiger partial charge in [-0.1, -0.05) is 17.7 Å². The number of pyridine rings is 1. The van der Waals surface area contributed by atoms with Gasteiger partial charge < -0.3 is 10.3 Å². The summed E-state index contributed by atoms with van der Waals surface area (Å²) < 4.78 is 1.92. The summed E-state index contributed by atoms with van der Waals surface area (Å²) in [6.07, 6.45) is 3.54. The van der Waals surface area contributed by atoms with Crippen molar-refractivity contribution in [2.45, 2.75) is 13.5 Å². The van der Waals surface area contributed by atoms with Crippen molar-refractivity contribution in [3.8, 4) is 11.3 Å². The van der Waals surface area contributed by atoms with Crippen LogP contribution in [0.15, 0.2) is 43.1 Å².